The van der Waals surface area contributed by atoms with Crippen LogP contribution in [0.5, 0.6) is 0 Å². The van der Waals surface area contributed by atoms with Crippen LogP contribution in [-0.2, 0) is 16.0 Å². The van der Waals surface area contributed by atoms with Gasteiger partial charge in [-0.15, -0.1) is 0 Å². The molecule has 0 aromatic carbocycles. The number of hydrogen-bond acceptors (Lipinski definition) is 5. The molecule has 0 N–H and O–H groups in total. The number of aromatic nitrogens is 2. The number of rotatable bonds is 5. The van der Waals surface area contributed by atoms with Gasteiger partial charge < -0.3 is 14.2 Å². The van der Waals surface area contributed by atoms with Crippen LogP contribution in [0.4, 0.5) is 0 Å². The molecule has 18 heavy (non-hydrogen) atoms. The molecular formula is C12H19N3O3. The molecule has 100 valence electrons. The maximum Gasteiger partial charge on any atom is 0.222 e. The lowest BCUT2D eigenvalue weighted by Crippen LogP contribution is -2.32. The van der Waals surface area contributed by atoms with Crippen LogP contribution in [-0.4, -0.2) is 47.8 Å². The topological polar surface area (TPSA) is 68.5 Å². The Morgan fingerprint density at radius 3 is 3.17 bits per heavy atom. The summed E-state index contributed by atoms with van der Waals surface area (Å²) in [7, 11) is 1.81. The molecule has 0 bridgehead atoms. The lowest BCUT2D eigenvalue weighted by molar-refractivity contribution is -0.132. The fourth-order valence-electron chi connectivity index (χ4n) is 2.07. The molecule has 1 aromatic heterocycles. The van der Waals surface area contributed by atoms with E-state index in [4.69, 9.17) is 4.74 Å². The van der Waals surface area contributed by atoms with E-state index in [0.717, 1.165) is 19.4 Å². The highest BCUT2D eigenvalue weighted by atomic mass is 16.5. The smallest absolute Gasteiger partial charge is 0.222 e. The maximum absolute atomic E-state index is 12.0. The summed E-state index contributed by atoms with van der Waals surface area (Å²) in [5.74, 6) is 1.17. The van der Waals surface area contributed by atoms with E-state index in [9.17, 15) is 4.79 Å². The van der Waals surface area contributed by atoms with Gasteiger partial charge in [0.05, 0.1) is 0 Å². The zero-order valence-electron chi connectivity index (χ0n) is 10.7. The van der Waals surface area contributed by atoms with Crippen molar-refractivity contribution in [1.82, 2.24) is 15.0 Å². The van der Waals surface area contributed by atoms with E-state index in [1.165, 1.54) is 6.39 Å². The van der Waals surface area contributed by atoms with E-state index in [1.54, 1.807) is 4.90 Å². The Morgan fingerprint density at radius 1 is 1.61 bits per heavy atom. The van der Waals surface area contributed by atoms with Gasteiger partial charge in [-0.25, -0.2) is 0 Å². The summed E-state index contributed by atoms with van der Waals surface area (Å²) < 4.78 is 10.0. The maximum atomic E-state index is 12.0. The largest absolute Gasteiger partial charge is 0.381 e. The molecule has 6 nitrogen and oxygen atoms in total. The second kappa shape index (κ2) is 6.49. The van der Waals surface area contributed by atoms with Crippen LogP contribution in [0.25, 0.3) is 0 Å². The molecule has 2 rings (SSSR count). The number of carbonyl (C=O) groups is 1. The monoisotopic (exact) mass is 253 g/mol. The third kappa shape index (κ3) is 3.80. The lowest BCUT2D eigenvalue weighted by atomic mass is 9.98. The van der Waals surface area contributed by atoms with Crippen LogP contribution >= 0.6 is 0 Å². The molecule has 1 amide bonds. The minimum Gasteiger partial charge on any atom is -0.381 e. The second-order valence-corrected chi connectivity index (χ2v) is 4.70. The van der Waals surface area contributed by atoms with Crippen molar-refractivity contribution in [3.63, 3.8) is 0 Å². The van der Waals surface area contributed by atoms with E-state index in [1.807, 2.05) is 7.05 Å². The minimum absolute atomic E-state index is 0.161. The van der Waals surface area contributed by atoms with Gasteiger partial charge in [0, 0.05) is 39.6 Å². The minimum atomic E-state index is 0.161. The highest BCUT2D eigenvalue weighted by Gasteiger charge is 2.19. The quantitative estimate of drug-likeness (QED) is 0.779. The summed E-state index contributed by atoms with van der Waals surface area (Å²) in [5, 5.41) is 3.72. The van der Waals surface area contributed by atoms with Crippen molar-refractivity contribution in [2.45, 2.75) is 25.7 Å². The standard InChI is InChI=1S/C12H19N3O3/c1-15(5-4-11-13-9-18-14-11)12(16)7-10-3-2-6-17-8-10/h9-10H,2-8H2,1H3/t10-/m0/s1. The Labute approximate surface area is 106 Å². The second-order valence-electron chi connectivity index (χ2n) is 4.70. The summed E-state index contributed by atoms with van der Waals surface area (Å²) in [6, 6.07) is 0. The van der Waals surface area contributed by atoms with Crippen LogP contribution in [0.15, 0.2) is 10.9 Å². The van der Waals surface area contributed by atoms with E-state index in [0.29, 0.717) is 37.7 Å². The van der Waals surface area contributed by atoms with Crippen molar-refractivity contribution in [3.05, 3.63) is 12.2 Å². The summed E-state index contributed by atoms with van der Waals surface area (Å²) in [6.07, 6.45) is 4.65. The first kappa shape index (κ1) is 13.0. The predicted molar refractivity (Wildman–Crippen MR) is 63.8 cm³/mol. The number of nitrogens with zero attached hydrogens (tertiary/aromatic N) is 3. The van der Waals surface area contributed by atoms with Crippen molar-refractivity contribution in [2.24, 2.45) is 5.92 Å². The number of carbonyl (C=O) groups excluding carboxylic acids is 1. The van der Waals surface area contributed by atoms with Crippen molar-refractivity contribution in [2.75, 3.05) is 26.8 Å². The SMILES string of the molecule is CN(CCc1ncon1)C(=O)C[C@@H]1CCCOC1. The van der Waals surface area contributed by atoms with Crippen molar-refractivity contribution in [1.29, 1.82) is 0 Å². The molecule has 0 spiro atoms. The van der Waals surface area contributed by atoms with Gasteiger partial charge in [0.15, 0.2) is 5.82 Å². The summed E-state index contributed by atoms with van der Waals surface area (Å²) in [5.41, 5.74) is 0. The van der Waals surface area contributed by atoms with Gasteiger partial charge in [-0.3, -0.25) is 4.79 Å². The van der Waals surface area contributed by atoms with Gasteiger partial charge in [0.1, 0.15) is 0 Å². The molecule has 1 saturated heterocycles. The zero-order valence-corrected chi connectivity index (χ0v) is 10.7. The molecule has 1 aliphatic heterocycles. The van der Waals surface area contributed by atoms with Crippen molar-refractivity contribution in [3.8, 4) is 0 Å². The molecule has 6 heteroatoms. The normalized spacial score (nSPS) is 19.7. The summed E-state index contributed by atoms with van der Waals surface area (Å²) >= 11 is 0. The van der Waals surface area contributed by atoms with Crippen LogP contribution in [0, 0.1) is 5.92 Å². The van der Waals surface area contributed by atoms with Crippen molar-refractivity contribution < 1.29 is 14.1 Å². The van der Waals surface area contributed by atoms with E-state index >= 15 is 0 Å². The lowest BCUT2D eigenvalue weighted by Gasteiger charge is -2.24. The zero-order chi connectivity index (χ0) is 12.8. The molecule has 0 aliphatic carbocycles. The van der Waals surface area contributed by atoms with Gasteiger partial charge in [-0.2, -0.15) is 4.98 Å². The van der Waals surface area contributed by atoms with E-state index < -0.39 is 0 Å². The molecule has 1 aromatic rings. The molecule has 1 atom stereocenters. The van der Waals surface area contributed by atoms with E-state index in [-0.39, 0.29) is 5.91 Å². The number of amides is 1. The molecule has 1 aliphatic rings. The molecule has 0 unspecified atom stereocenters. The predicted octanol–water partition coefficient (Wildman–Crippen LogP) is 0.887. The number of hydrogen-bond donors (Lipinski definition) is 0. The third-order valence-electron chi connectivity index (χ3n) is 3.22. The molecule has 2 heterocycles. The average molecular weight is 253 g/mol. The highest BCUT2D eigenvalue weighted by Crippen LogP contribution is 2.17. The Hall–Kier alpha value is -1.43. The number of likely N-dealkylation sites (N-methyl/N-ethyl adjacent to an activating group) is 1. The molecule has 0 saturated carbocycles. The molecule has 1 fully saturated rings. The Balaban J connectivity index is 1.70. The first-order chi connectivity index (χ1) is 8.75. The first-order valence-electron chi connectivity index (χ1n) is 6.32. The van der Waals surface area contributed by atoms with Gasteiger partial charge in [-0.1, -0.05) is 5.16 Å². The fourth-order valence-corrected chi connectivity index (χ4v) is 2.07. The van der Waals surface area contributed by atoms with Crippen LogP contribution in [0.1, 0.15) is 25.1 Å². The average Bonchev–Trinajstić information content (AvgIpc) is 2.90. The Kier molecular flexibility index (Phi) is 4.69. The Bertz CT molecular complexity index is 361. The fraction of sp³-hybridized carbons (Fsp3) is 0.750. The third-order valence-corrected chi connectivity index (χ3v) is 3.22. The van der Waals surface area contributed by atoms with Gasteiger partial charge in [0.2, 0.25) is 12.3 Å². The van der Waals surface area contributed by atoms with Crippen molar-refractivity contribution >= 4 is 5.91 Å². The first-order valence-corrected chi connectivity index (χ1v) is 6.32. The summed E-state index contributed by atoms with van der Waals surface area (Å²) in [6.45, 7) is 2.16. The van der Waals surface area contributed by atoms with Gasteiger partial charge in [-0.05, 0) is 18.8 Å². The van der Waals surface area contributed by atoms with Crippen LogP contribution in [0.3, 0.4) is 0 Å². The van der Waals surface area contributed by atoms with Crippen LogP contribution < -0.4 is 0 Å². The number of ether oxygens (including phenoxy) is 1. The van der Waals surface area contributed by atoms with Gasteiger partial charge in [0.25, 0.3) is 0 Å². The molecule has 0 radical (unpaired) electrons. The highest BCUT2D eigenvalue weighted by molar-refractivity contribution is 5.76. The van der Waals surface area contributed by atoms with E-state index in [2.05, 4.69) is 14.7 Å². The Morgan fingerprint density at radius 2 is 2.50 bits per heavy atom. The van der Waals surface area contributed by atoms with Gasteiger partial charge >= 0.3 is 0 Å². The van der Waals surface area contributed by atoms with Crippen LogP contribution in [0.2, 0.25) is 0 Å². The molecular weight excluding hydrogens is 234 g/mol. The summed E-state index contributed by atoms with van der Waals surface area (Å²) in [4.78, 5) is 17.6.